The van der Waals surface area contributed by atoms with Crippen molar-refractivity contribution >= 4 is 23.3 Å². The van der Waals surface area contributed by atoms with E-state index in [9.17, 15) is 4.79 Å². The van der Waals surface area contributed by atoms with Crippen molar-refractivity contribution in [3.63, 3.8) is 0 Å². The molecule has 3 aromatic rings. The molecule has 0 radical (unpaired) electrons. The number of hydrogen-bond donors (Lipinski definition) is 1. The Labute approximate surface area is 145 Å². The van der Waals surface area contributed by atoms with Gasteiger partial charge in [0.25, 0.3) is 0 Å². The summed E-state index contributed by atoms with van der Waals surface area (Å²) in [5.41, 5.74) is 1.80. The van der Waals surface area contributed by atoms with Crippen molar-refractivity contribution in [2.75, 3.05) is 12.0 Å². The van der Waals surface area contributed by atoms with Crippen LogP contribution in [0.15, 0.2) is 54.7 Å². The average molecular weight is 340 g/mol. The minimum atomic E-state index is -0.147. The molecule has 0 unspecified atom stereocenters. The van der Waals surface area contributed by atoms with Crippen molar-refractivity contribution in [2.24, 2.45) is 0 Å². The number of fused-ring (bicyclic) bond motifs is 1. The highest BCUT2D eigenvalue weighted by atomic mass is 32.2. The molecular weight excluding hydrogens is 320 g/mol. The fraction of sp³-hybridized carbons (Fsp3) is 0.278. The third-order valence-electron chi connectivity index (χ3n) is 3.81. The van der Waals surface area contributed by atoms with E-state index in [0.29, 0.717) is 6.42 Å². The van der Waals surface area contributed by atoms with Crippen molar-refractivity contribution in [1.82, 2.24) is 19.9 Å². The Morgan fingerprint density at radius 3 is 2.75 bits per heavy atom. The third kappa shape index (κ3) is 3.94. The number of thioether (sulfide) groups is 1. The van der Waals surface area contributed by atoms with E-state index in [2.05, 4.69) is 21.8 Å². The van der Waals surface area contributed by atoms with Crippen LogP contribution in [-0.4, -0.2) is 32.5 Å². The van der Waals surface area contributed by atoms with Gasteiger partial charge < -0.3 is 5.32 Å². The lowest BCUT2D eigenvalue weighted by Crippen LogP contribution is -2.31. The van der Waals surface area contributed by atoms with Crippen LogP contribution in [0.3, 0.4) is 0 Å². The fourth-order valence-electron chi connectivity index (χ4n) is 2.63. The standard InChI is InChI=1S/C18H20N4OS/c1-24-12-10-15(18-21-20-16-9-5-6-11-22(16)18)19-17(23)13-14-7-3-2-4-8-14/h2-9,11,15H,10,12-13H2,1H3,(H,19,23)/t15-/m1/s1. The topological polar surface area (TPSA) is 59.3 Å². The van der Waals surface area contributed by atoms with Crippen LogP contribution in [0, 0.1) is 0 Å². The molecule has 0 saturated heterocycles. The second-order valence-electron chi connectivity index (χ2n) is 5.55. The molecule has 2 heterocycles. The maximum absolute atomic E-state index is 12.4. The molecule has 1 aromatic carbocycles. The van der Waals surface area contributed by atoms with E-state index in [0.717, 1.165) is 29.2 Å². The number of nitrogens with one attached hydrogen (secondary N) is 1. The van der Waals surface area contributed by atoms with Gasteiger partial charge in [-0.15, -0.1) is 10.2 Å². The van der Waals surface area contributed by atoms with E-state index < -0.39 is 0 Å². The largest absolute Gasteiger partial charge is 0.346 e. The first-order valence-corrected chi connectivity index (χ1v) is 9.29. The molecule has 5 nitrogen and oxygen atoms in total. The molecular formula is C18H20N4OS. The van der Waals surface area contributed by atoms with Crippen molar-refractivity contribution in [3.05, 3.63) is 66.1 Å². The maximum Gasteiger partial charge on any atom is 0.225 e. The van der Waals surface area contributed by atoms with Gasteiger partial charge in [-0.2, -0.15) is 11.8 Å². The number of nitrogens with zero attached hydrogens (tertiary/aromatic N) is 3. The molecule has 1 amide bonds. The summed E-state index contributed by atoms with van der Waals surface area (Å²) in [4.78, 5) is 12.4. The third-order valence-corrected chi connectivity index (χ3v) is 4.45. The molecule has 1 N–H and O–H groups in total. The molecule has 0 spiro atoms. The van der Waals surface area contributed by atoms with Crippen LogP contribution < -0.4 is 5.32 Å². The molecule has 0 aliphatic carbocycles. The predicted molar refractivity (Wildman–Crippen MR) is 97.0 cm³/mol. The molecule has 0 aliphatic heterocycles. The summed E-state index contributed by atoms with van der Waals surface area (Å²) in [7, 11) is 0. The zero-order chi connectivity index (χ0) is 16.8. The van der Waals surface area contributed by atoms with E-state index >= 15 is 0 Å². The average Bonchev–Trinajstić information content (AvgIpc) is 3.03. The first kappa shape index (κ1) is 16.5. The molecule has 1 atom stereocenters. The lowest BCUT2D eigenvalue weighted by molar-refractivity contribution is -0.121. The highest BCUT2D eigenvalue weighted by molar-refractivity contribution is 7.98. The van der Waals surface area contributed by atoms with Gasteiger partial charge in [-0.3, -0.25) is 9.20 Å². The Morgan fingerprint density at radius 1 is 1.17 bits per heavy atom. The van der Waals surface area contributed by atoms with Crippen LogP contribution in [0.4, 0.5) is 0 Å². The number of carbonyl (C=O) groups excluding carboxylic acids is 1. The first-order valence-electron chi connectivity index (χ1n) is 7.90. The summed E-state index contributed by atoms with van der Waals surface area (Å²) < 4.78 is 1.94. The number of benzene rings is 1. The molecule has 3 rings (SSSR count). The van der Waals surface area contributed by atoms with E-state index in [-0.39, 0.29) is 11.9 Å². The van der Waals surface area contributed by atoms with E-state index in [1.54, 1.807) is 11.8 Å². The van der Waals surface area contributed by atoms with E-state index in [1.807, 2.05) is 59.1 Å². The second kappa shape index (κ2) is 7.97. The van der Waals surface area contributed by atoms with Gasteiger partial charge in [0.2, 0.25) is 5.91 Å². The maximum atomic E-state index is 12.4. The molecule has 0 fully saturated rings. The van der Waals surface area contributed by atoms with Gasteiger partial charge in [0.15, 0.2) is 11.5 Å². The zero-order valence-corrected chi connectivity index (χ0v) is 14.4. The summed E-state index contributed by atoms with van der Waals surface area (Å²) in [6.07, 6.45) is 5.18. The lowest BCUT2D eigenvalue weighted by atomic mass is 10.1. The van der Waals surface area contributed by atoms with Crippen LogP contribution >= 0.6 is 11.8 Å². The highest BCUT2D eigenvalue weighted by Crippen LogP contribution is 2.18. The Morgan fingerprint density at radius 2 is 1.96 bits per heavy atom. The zero-order valence-electron chi connectivity index (χ0n) is 13.6. The molecule has 0 aliphatic rings. The van der Waals surface area contributed by atoms with Crippen molar-refractivity contribution in [1.29, 1.82) is 0 Å². The molecule has 124 valence electrons. The number of rotatable bonds is 7. The first-order chi connectivity index (χ1) is 11.8. The van der Waals surface area contributed by atoms with Gasteiger partial charge in [-0.1, -0.05) is 36.4 Å². The van der Waals surface area contributed by atoms with Crippen molar-refractivity contribution in [3.8, 4) is 0 Å². The smallest absolute Gasteiger partial charge is 0.225 e. The fourth-order valence-corrected chi connectivity index (χ4v) is 3.10. The summed E-state index contributed by atoms with van der Waals surface area (Å²) in [6, 6.07) is 15.4. The quantitative estimate of drug-likeness (QED) is 0.718. The number of hydrogen-bond acceptors (Lipinski definition) is 4. The Bertz CT molecular complexity index is 803. The van der Waals surface area contributed by atoms with E-state index in [1.165, 1.54) is 0 Å². The SMILES string of the molecule is CSCC[C@@H](NC(=O)Cc1ccccc1)c1nnc2ccccn12. The van der Waals surface area contributed by atoms with Crippen molar-refractivity contribution < 1.29 is 4.79 Å². The molecule has 24 heavy (non-hydrogen) atoms. The monoisotopic (exact) mass is 340 g/mol. The van der Waals surface area contributed by atoms with Crippen molar-refractivity contribution in [2.45, 2.75) is 18.9 Å². The number of aromatic nitrogens is 3. The van der Waals surface area contributed by atoms with Gasteiger partial charge in [0, 0.05) is 6.20 Å². The Balaban J connectivity index is 1.77. The summed E-state index contributed by atoms with van der Waals surface area (Å²) in [5, 5.41) is 11.6. The summed E-state index contributed by atoms with van der Waals surface area (Å²) in [5.74, 6) is 1.72. The second-order valence-corrected chi connectivity index (χ2v) is 6.54. The molecule has 0 saturated carbocycles. The van der Waals surface area contributed by atoms with Gasteiger partial charge >= 0.3 is 0 Å². The molecule has 6 heteroatoms. The van der Waals surface area contributed by atoms with Gasteiger partial charge in [-0.25, -0.2) is 0 Å². The number of pyridine rings is 1. The van der Waals surface area contributed by atoms with Gasteiger partial charge in [0.05, 0.1) is 12.5 Å². The van der Waals surface area contributed by atoms with E-state index in [4.69, 9.17) is 0 Å². The Kier molecular flexibility index (Phi) is 5.48. The lowest BCUT2D eigenvalue weighted by Gasteiger charge is -2.17. The number of amides is 1. The van der Waals surface area contributed by atoms with Crippen LogP contribution in [0.25, 0.3) is 5.65 Å². The summed E-state index contributed by atoms with van der Waals surface area (Å²) in [6.45, 7) is 0. The van der Waals surface area contributed by atoms with Crippen LogP contribution in [-0.2, 0) is 11.2 Å². The van der Waals surface area contributed by atoms with Crippen LogP contribution in [0.1, 0.15) is 23.9 Å². The van der Waals surface area contributed by atoms with Crippen LogP contribution in [0.5, 0.6) is 0 Å². The van der Waals surface area contributed by atoms with Gasteiger partial charge in [0.1, 0.15) is 0 Å². The van der Waals surface area contributed by atoms with Gasteiger partial charge in [-0.05, 0) is 36.1 Å². The number of carbonyl (C=O) groups is 1. The Hall–Kier alpha value is -2.34. The highest BCUT2D eigenvalue weighted by Gasteiger charge is 2.20. The minimum Gasteiger partial charge on any atom is -0.346 e. The molecule has 2 aromatic heterocycles. The molecule has 0 bridgehead atoms. The minimum absolute atomic E-state index is 0.0000146. The summed E-state index contributed by atoms with van der Waals surface area (Å²) >= 11 is 1.75. The van der Waals surface area contributed by atoms with Crippen LogP contribution in [0.2, 0.25) is 0 Å². The normalized spacial score (nSPS) is 12.2. The predicted octanol–water partition coefficient (Wildman–Crippen LogP) is 2.88.